The van der Waals surface area contributed by atoms with Gasteiger partial charge in [-0.1, -0.05) is 296 Å². The van der Waals surface area contributed by atoms with Crippen LogP contribution in [0.3, 0.4) is 0 Å². The average Bonchev–Trinajstić information content (AvgIpc) is 3.34. The lowest BCUT2D eigenvalue weighted by atomic mass is 10.0. The van der Waals surface area contributed by atoms with Gasteiger partial charge in [0.25, 0.3) is 0 Å². The molecule has 0 radical (unpaired) electrons. The number of ether oxygens (including phenoxy) is 3. The molecular weight excluding hydrogens is 841 g/mol. The minimum atomic E-state index is -0.767. The number of hydrogen-bond acceptors (Lipinski definition) is 6. The van der Waals surface area contributed by atoms with Crippen molar-refractivity contribution in [2.24, 2.45) is 0 Å². The van der Waals surface area contributed by atoms with Crippen molar-refractivity contribution in [3.8, 4) is 0 Å². The Morgan fingerprint density at radius 3 is 0.735 bits per heavy atom. The number of rotatable bonds is 57. The first-order valence-corrected chi connectivity index (χ1v) is 30.7. The lowest BCUT2D eigenvalue weighted by Crippen LogP contribution is -2.30. The first-order valence-electron chi connectivity index (χ1n) is 30.7. The standard InChI is InChI=1S/C62H118O6/c1-4-7-10-13-16-18-20-22-24-25-26-27-28-29-30-31-32-33-34-35-36-37-38-39-41-42-44-46-49-52-55-61(64)67-58-59(57-66-60(63)54-51-48-15-12-9-6-3)68-62(65)56-53-50-47-45-43-40-23-21-19-17-14-11-8-5-2/h21,23,59H,4-20,22,24-58H2,1-3H3/b23-21-. The molecular formula is C62H118O6. The fourth-order valence-electron chi connectivity index (χ4n) is 9.38. The highest BCUT2D eigenvalue weighted by Crippen LogP contribution is 2.18. The van der Waals surface area contributed by atoms with E-state index in [1.165, 1.54) is 244 Å². The van der Waals surface area contributed by atoms with Crippen LogP contribution in [0.15, 0.2) is 12.2 Å². The number of hydrogen-bond donors (Lipinski definition) is 0. The number of esters is 3. The highest BCUT2D eigenvalue weighted by atomic mass is 16.6. The molecule has 0 N–H and O–H groups in total. The van der Waals surface area contributed by atoms with E-state index >= 15 is 0 Å². The smallest absolute Gasteiger partial charge is 0.306 e. The van der Waals surface area contributed by atoms with Gasteiger partial charge in [-0.05, 0) is 44.9 Å². The van der Waals surface area contributed by atoms with Crippen molar-refractivity contribution in [3.05, 3.63) is 12.2 Å². The van der Waals surface area contributed by atoms with Crippen LogP contribution in [0.4, 0.5) is 0 Å². The maximum Gasteiger partial charge on any atom is 0.306 e. The molecule has 0 saturated carbocycles. The Kier molecular flexibility index (Phi) is 56.2. The summed E-state index contributed by atoms with van der Waals surface area (Å²) in [5.74, 6) is -0.867. The number of allylic oxidation sites excluding steroid dienone is 2. The summed E-state index contributed by atoms with van der Waals surface area (Å²) in [5, 5.41) is 0. The summed E-state index contributed by atoms with van der Waals surface area (Å²) in [7, 11) is 0. The van der Waals surface area contributed by atoms with E-state index in [9.17, 15) is 14.4 Å². The molecule has 0 aliphatic carbocycles. The Morgan fingerprint density at radius 1 is 0.279 bits per heavy atom. The van der Waals surface area contributed by atoms with Crippen LogP contribution in [-0.2, 0) is 28.6 Å². The molecule has 1 atom stereocenters. The average molecular weight is 960 g/mol. The number of carbonyl (C=O) groups is 3. The van der Waals surface area contributed by atoms with Crippen molar-refractivity contribution in [1.82, 2.24) is 0 Å². The molecule has 0 aliphatic rings. The summed E-state index contributed by atoms with van der Waals surface area (Å²) in [5.41, 5.74) is 0. The molecule has 0 saturated heterocycles. The summed E-state index contributed by atoms with van der Waals surface area (Å²) in [6.07, 6.45) is 67.0. The van der Waals surface area contributed by atoms with Crippen molar-refractivity contribution in [2.75, 3.05) is 13.2 Å². The lowest BCUT2D eigenvalue weighted by molar-refractivity contribution is -0.167. The van der Waals surface area contributed by atoms with E-state index in [1.807, 2.05) is 0 Å². The molecule has 6 heteroatoms. The van der Waals surface area contributed by atoms with E-state index in [0.29, 0.717) is 19.3 Å². The topological polar surface area (TPSA) is 78.9 Å². The number of carbonyl (C=O) groups excluding carboxylic acids is 3. The second kappa shape index (κ2) is 57.7. The van der Waals surface area contributed by atoms with Gasteiger partial charge in [0, 0.05) is 19.3 Å². The Morgan fingerprint density at radius 2 is 0.485 bits per heavy atom. The molecule has 6 nitrogen and oxygen atoms in total. The van der Waals surface area contributed by atoms with Gasteiger partial charge < -0.3 is 14.2 Å². The Bertz CT molecular complexity index is 1060. The summed E-state index contributed by atoms with van der Waals surface area (Å²) >= 11 is 0. The quantitative estimate of drug-likeness (QED) is 0.0262. The zero-order chi connectivity index (χ0) is 49.3. The van der Waals surface area contributed by atoms with Gasteiger partial charge in [0.2, 0.25) is 0 Å². The molecule has 0 rings (SSSR count). The van der Waals surface area contributed by atoms with Crippen LogP contribution in [0.2, 0.25) is 0 Å². The van der Waals surface area contributed by atoms with E-state index in [4.69, 9.17) is 14.2 Å². The van der Waals surface area contributed by atoms with Crippen LogP contribution >= 0.6 is 0 Å². The van der Waals surface area contributed by atoms with Gasteiger partial charge in [0.15, 0.2) is 6.10 Å². The van der Waals surface area contributed by atoms with Crippen LogP contribution in [-0.4, -0.2) is 37.2 Å². The van der Waals surface area contributed by atoms with Crippen LogP contribution in [0.25, 0.3) is 0 Å². The zero-order valence-electron chi connectivity index (χ0n) is 46.2. The van der Waals surface area contributed by atoms with Crippen molar-refractivity contribution in [3.63, 3.8) is 0 Å². The molecule has 0 bridgehead atoms. The Balaban J connectivity index is 3.93. The summed E-state index contributed by atoms with van der Waals surface area (Å²) in [6.45, 7) is 6.62. The number of unbranched alkanes of at least 4 members (excludes halogenated alkanes) is 44. The maximum absolute atomic E-state index is 12.8. The van der Waals surface area contributed by atoms with E-state index in [-0.39, 0.29) is 31.1 Å². The van der Waals surface area contributed by atoms with Crippen LogP contribution in [0.5, 0.6) is 0 Å². The second-order valence-electron chi connectivity index (χ2n) is 21.0. The monoisotopic (exact) mass is 959 g/mol. The van der Waals surface area contributed by atoms with Gasteiger partial charge in [-0.3, -0.25) is 14.4 Å². The van der Waals surface area contributed by atoms with Gasteiger partial charge >= 0.3 is 17.9 Å². The molecule has 0 aromatic heterocycles. The lowest BCUT2D eigenvalue weighted by Gasteiger charge is -2.18. The van der Waals surface area contributed by atoms with E-state index in [2.05, 4.69) is 32.9 Å². The zero-order valence-corrected chi connectivity index (χ0v) is 46.2. The predicted molar refractivity (Wildman–Crippen MR) is 293 cm³/mol. The largest absolute Gasteiger partial charge is 0.462 e. The molecule has 0 aromatic carbocycles. The Labute approximate surface area is 424 Å². The maximum atomic E-state index is 12.8. The minimum Gasteiger partial charge on any atom is -0.462 e. The normalized spacial score (nSPS) is 12.0. The highest BCUT2D eigenvalue weighted by molar-refractivity contribution is 5.71. The summed E-state index contributed by atoms with van der Waals surface area (Å²) in [4.78, 5) is 37.8. The van der Waals surface area contributed by atoms with Crippen LogP contribution in [0.1, 0.15) is 348 Å². The third-order valence-corrected chi connectivity index (χ3v) is 14.0. The molecule has 1 unspecified atom stereocenters. The Hall–Kier alpha value is -1.85. The second-order valence-corrected chi connectivity index (χ2v) is 21.0. The molecule has 0 aliphatic heterocycles. The van der Waals surface area contributed by atoms with Gasteiger partial charge in [0.1, 0.15) is 13.2 Å². The van der Waals surface area contributed by atoms with Crippen molar-refractivity contribution < 1.29 is 28.6 Å². The van der Waals surface area contributed by atoms with E-state index in [0.717, 1.165) is 64.2 Å². The van der Waals surface area contributed by atoms with Crippen molar-refractivity contribution >= 4 is 17.9 Å². The van der Waals surface area contributed by atoms with Crippen LogP contribution < -0.4 is 0 Å². The minimum absolute atomic E-state index is 0.0687. The third-order valence-electron chi connectivity index (χ3n) is 14.0. The highest BCUT2D eigenvalue weighted by Gasteiger charge is 2.19. The molecule has 402 valence electrons. The fraction of sp³-hybridized carbons (Fsp3) is 0.919. The van der Waals surface area contributed by atoms with Gasteiger partial charge in [-0.2, -0.15) is 0 Å². The molecule has 0 aromatic rings. The fourth-order valence-corrected chi connectivity index (χ4v) is 9.38. The van der Waals surface area contributed by atoms with Gasteiger partial charge in [0.05, 0.1) is 0 Å². The summed E-state index contributed by atoms with van der Waals surface area (Å²) < 4.78 is 16.8. The van der Waals surface area contributed by atoms with Crippen molar-refractivity contribution in [2.45, 2.75) is 354 Å². The van der Waals surface area contributed by atoms with Crippen LogP contribution in [0, 0.1) is 0 Å². The first-order chi connectivity index (χ1) is 33.5. The van der Waals surface area contributed by atoms with E-state index < -0.39 is 6.10 Å². The predicted octanol–water partition coefficient (Wildman–Crippen LogP) is 20.5. The molecule has 0 fully saturated rings. The molecule has 0 spiro atoms. The van der Waals surface area contributed by atoms with Gasteiger partial charge in [-0.15, -0.1) is 0 Å². The molecule has 0 heterocycles. The van der Waals surface area contributed by atoms with Crippen molar-refractivity contribution in [1.29, 1.82) is 0 Å². The third kappa shape index (κ3) is 55.1. The van der Waals surface area contributed by atoms with Gasteiger partial charge in [-0.25, -0.2) is 0 Å². The van der Waals surface area contributed by atoms with E-state index in [1.54, 1.807) is 0 Å². The summed E-state index contributed by atoms with van der Waals surface area (Å²) in [6, 6.07) is 0. The SMILES string of the molecule is CCCCCCC/C=C\CCCCCCCC(=O)OC(COC(=O)CCCCCCCC)COC(=O)CCCCCCCCCCCCCCCCCCCCCCCCCCCCCCCC. The molecule has 68 heavy (non-hydrogen) atoms. The molecule has 0 amide bonds. The first kappa shape index (κ1) is 66.2.